The molecule has 7 heteroatoms. The largest absolute Gasteiger partial charge is 0.355 e. The summed E-state index contributed by atoms with van der Waals surface area (Å²) in [5.74, 6) is 1.95. The minimum Gasteiger partial charge on any atom is -0.355 e. The molecule has 2 aromatic heterocycles. The van der Waals surface area contributed by atoms with Gasteiger partial charge in [0.25, 0.3) is 0 Å². The second-order valence-corrected chi connectivity index (χ2v) is 8.79. The van der Waals surface area contributed by atoms with Gasteiger partial charge in [-0.25, -0.2) is 9.97 Å². The van der Waals surface area contributed by atoms with Crippen molar-refractivity contribution in [3.8, 4) is 10.4 Å². The number of benzene rings is 1. The number of nitrogens with one attached hydrogen (secondary N) is 1. The van der Waals surface area contributed by atoms with E-state index in [2.05, 4.69) is 57.4 Å². The molecule has 0 atom stereocenters. The van der Waals surface area contributed by atoms with Crippen LogP contribution in [0, 0.1) is 6.92 Å². The number of amides is 1. The molecule has 0 saturated carbocycles. The van der Waals surface area contributed by atoms with Crippen molar-refractivity contribution >= 4 is 33.3 Å². The molecule has 1 N–H and O–H groups in total. The van der Waals surface area contributed by atoms with Crippen LogP contribution in [0.25, 0.3) is 20.7 Å². The minimum atomic E-state index is 0.127. The van der Waals surface area contributed by atoms with E-state index in [0.717, 1.165) is 67.4 Å². The number of anilines is 1. The molecule has 1 amide bonds. The standard InChI is InChI=1S/C23H29N5OS/c1-3-4-10-24-21(29)16-27-11-13-28(14-12-27)22-19-15-20(18-8-6-5-7-9-18)30-23(19)26-17(2)25-22/h5-9,15H,3-4,10-14,16H2,1-2H3,(H,24,29). The molecule has 0 radical (unpaired) electrons. The van der Waals surface area contributed by atoms with Gasteiger partial charge < -0.3 is 10.2 Å². The van der Waals surface area contributed by atoms with Crippen LogP contribution in [-0.4, -0.2) is 60.0 Å². The van der Waals surface area contributed by atoms with Crippen molar-refractivity contribution in [2.45, 2.75) is 26.7 Å². The van der Waals surface area contributed by atoms with Crippen LogP contribution in [-0.2, 0) is 4.79 Å². The van der Waals surface area contributed by atoms with Crippen molar-refractivity contribution in [2.24, 2.45) is 0 Å². The maximum absolute atomic E-state index is 12.1. The number of nitrogens with zero attached hydrogens (tertiary/aromatic N) is 4. The Kier molecular flexibility index (Phi) is 6.59. The summed E-state index contributed by atoms with van der Waals surface area (Å²) < 4.78 is 0. The van der Waals surface area contributed by atoms with E-state index in [1.807, 2.05) is 13.0 Å². The zero-order valence-electron chi connectivity index (χ0n) is 17.7. The lowest BCUT2D eigenvalue weighted by Gasteiger charge is -2.35. The van der Waals surface area contributed by atoms with Gasteiger partial charge >= 0.3 is 0 Å². The normalized spacial score (nSPS) is 14.9. The molecule has 1 aliphatic heterocycles. The summed E-state index contributed by atoms with van der Waals surface area (Å²) in [4.78, 5) is 28.4. The quantitative estimate of drug-likeness (QED) is 0.587. The molecule has 0 bridgehead atoms. The number of hydrogen-bond donors (Lipinski definition) is 1. The highest BCUT2D eigenvalue weighted by Crippen LogP contribution is 2.36. The van der Waals surface area contributed by atoms with Gasteiger partial charge in [-0.15, -0.1) is 11.3 Å². The van der Waals surface area contributed by atoms with Crippen LogP contribution in [0.1, 0.15) is 25.6 Å². The first-order valence-electron chi connectivity index (χ1n) is 10.7. The zero-order chi connectivity index (χ0) is 20.9. The first kappa shape index (κ1) is 20.8. The van der Waals surface area contributed by atoms with Gasteiger partial charge in [0, 0.05) is 37.6 Å². The van der Waals surface area contributed by atoms with Crippen molar-refractivity contribution in [1.82, 2.24) is 20.2 Å². The van der Waals surface area contributed by atoms with Crippen molar-refractivity contribution in [1.29, 1.82) is 0 Å². The fourth-order valence-electron chi connectivity index (χ4n) is 3.78. The average molecular weight is 424 g/mol. The topological polar surface area (TPSA) is 61.4 Å². The SMILES string of the molecule is CCCCNC(=O)CN1CCN(c2nc(C)nc3sc(-c4ccccc4)cc23)CC1. The van der Waals surface area contributed by atoms with Crippen molar-refractivity contribution < 1.29 is 4.79 Å². The van der Waals surface area contributed by atoms with E-state index in [1.54, 1.807) is 11.3 Å². The van der Waals surface area contributed by atoms with Crippen molar-refractivity contribution in [3.05, 3.63) is 42.2 Å². The van der Waals surface area contributed by atoms with Crippen molar-refractivity contribution in [3.63, 3.8) is 0 Å². The Morgan fingerprint density at radius 1 is 1.13 bits per heavy atom. The number of rotatable bonds is 7. The monoisotopic (exact) mass is 423 g/mol. The van der Waals surface area contributed by atoms with E-state index in [-0.39, 0.29) is 5.91 Å². The smallest absolute Gasteiger partial charge is 0.234 e. The second-order valence-electron chi connectivity index (χ2n) is 7.76. The van der Waals surface area contributed by atoms with Crippen LogP contribution in [0.15, 0.2) is 36.4 Å². The molecule has 4 rings (SSSR count). The average Bonchev–Trinajstić information content (AvgIpc) is 3.18. The molecule has 0 unspecified atom stereocenters. The third kappa shape index (κ3) is 4.79. The summed E-state index contributed by atoms with van der Waals surface area (Å²) in [6.45, 7) is 8.80. The first-order valence-corrected chi connectivity index (χ1v) is 11.5. The molecule has 0 spiro atoms. The predicted octanol–water partition coefficient (Wildman–Crippen LogP) is 3.71. The number of unbranched alkanes of at least 4 members (excludes halogenated alkanes) is 1. The Balaban J connectivity index is 1.46. The molecule has 1 fully saturated rings. The molecule has 6 nitrogen and oxygen atoms in total. The number of carbonyl (C=O) groups excluding carboxylic acids is 1. The lowest BCUT2D eigenvalue weighted by Crippen LogP contribution is -2.49. The highest BCUT2D eigenvalue weighted by molar-refractivity contribution is 7.21. The Labute approximate surface area is 181 Å². The third-order valence-corrected chi connectivity index (χ3v) is 6.51. The molecule has 30 heavy (non-hydrogen) atoms. The number of aromatic nitrogens is 2. The van der Waals surface area contributed by atoms with E-state index < -0.39 is 0 Å². The van der Waals surface area contributed by atoms with Gasteiger partial charge in [-0.2, -0.15) is 0 Å². The summed E-state index contributed by atoms with van der Waals surface area (Å²) >= 11 is 1.72. The molecule has 1 saturated heterocycles. The van der Waals surface area contributed by atoms with Gasteiger partial charge in [0.15, 0.2) is 0 Å². The molecule has 3 aromatic rings. The number of fused-ring (bicyclic) bond motifs is 1. The molecule has 3 heterocycles. The summed E-state index contributed by atoms with van der Waals surface area (Å²) in [7, 11) is 0. The highest BCUT2D eigenvalue weighted by atomic mass is 32.1. The molecular weight excluding hydrogens is 394 g/mol. The minimum absolute atomic E-state index is 0.127. The molecule has 1 aromatic carbocycles. The summed E-state index contributed by atoms with van der Waals surface area (Å²) in [6, 6.07) is 12.7. The second kappa shape index (κ2) is 9.53. The Morgan fingerprint density at radius 2 is 1.90 bits per heavy atom. The van der Waals surface area contributed by atoms with Gasteiger partial charge in [-0.1, -0.05) is 43.7 Å². The molecular formula is C23H29N5OS. The van der Waals surface area contributed by atoms with E-state index in [4.69, 9.17) is 4.98 Å². The Hall–Kier alpha value is -2.51. The third-order valence-electron chi connectivity index (χ3n) is 5.43. The van der Waals surface area contributed by atoms with Crippen LogP contribution in [0.3, 0.4) is 0 Å². The van der Waals surface area contributed by atoms with Gasteiger partial charge in [0.2, 0.25) is 5.91 Å². The number of aryl methyl sites for hydroxylation is 1. The zero-order valence-corrected chi connectivity index (χ0v) is 18.5. The fraction of sp³-hybridized carbons (Fsp3) is 0.435. The van der Waals surface area contributed by atoms with Crippen LogP contribution < -0.4 is 10.2 Å². The molecule has 1 aliphatic rings. The number of carbonyl (C=O) groups is 1. The Bertz CT molecular complexity index is 996. The number of piperazine rings is 1. The summed E-state index contributed by atoms with van der Waals surface area (Å²) in [6.07, 6.45) is 2.13. The lowest BCUT2D eigenvalue weighted by molar-refractivity contribution is -0.122. The summed E-state index contributed by atoms with van der Waals surface area (Å²) in [5, 5.41) is 4.13. The van der Waals surface area contributed by atoms with E-state index in [0.29, 0.717) is 6.54 Å². The van der Waals surface area contributed by atoms with Crippen LogP contribution in [0.5, 0.6) is 0 Å². The van der Waals surface area contributed by atoms with Crippen molar-refractivity contribution in [2.75, 3.05) is 44.2 Å². The van der Waals surface area contributed by atoms with Crippen LogP contribution in [0.2, 0.25) is 0 Å². The van der Waals surface area contributed by atoms with Gasteiger partial charge in [0.05, 0.1) is 11.9 Å². The maximum atomic E-state index is 12.1. The number of thiophene rings is 1. The van der Waals surface area contributed by atoms with E-state index in [9.17, 15) is 4.79 Å². The van der Waals surface area contributed by atoms with Gasteiger partial charge in [-0.3, -0.25) is 9.69 Å². The van der Waals surface area contributed by atoms with E-state index in [1.165, 1.54) is 10.4 Å². The Morgan fingerprint density at radius 3 is 2.63 bits per heavy atom. The van der Waals surface area contributed by atoms with Crippen LogP contribution >= 0.6 is 11.3 Å². The number of hydrogen-bond acceptors (Lipinski definition) is 6. The van der Waals surface area contributed by atoms with Gasteiger partial charge in [0.1, 0.15) is 16.5 Å². The lowest BCUT2D eigenvalue weighted by atomic mass is 10.2. The molecule has 0 aliphatic carbocycles. The summed E-state index contributed by atoms with van der Waals surface area (Å²) in [5.41, 5.74) is 1.21. The fourth-order valence-corrected chi connectivity index (χ4v) is 4.85. The highest BCUT2D eigenvalue weighted by Gasteiger charge is 2.23. The van der Waals surface area contributed by atoms with E-state index >= 15 is 0 Å². The maximum Gasteiger partial charge on any atom is 0.234 e. The van der Waals surface area contributed by atoms with Gasteiger partial charge in [-0.05, 0) is 25.0 Å². The predicted molar refractivity (Wildman–Crippen MR) is 124 cm³/mol. The molecule has 158 valence electrons. The van der Waals surface area contributed by atoms with Crippen LogP contribution in [0.4, 0.5) is 5.82 Å². The first-order chi connectivity index (χ1) is 14.6.